The molecule has 5 rings (SSSR count). The van der Waals surface area contributed by atoms with E-state index in [2.05, 4.69) is 32.9 Å². The molecule has 2 saturated carbocycles. The van der Waals surface area contributed by atoms with Gasteiger partial charge in [0.05, 0.1) is 5.69 Å². The van der Waals surface area contributed by atoms with E-state index in [1.54, 1.807) is 34.8 Å². The summed E-state index contributed by atoms with van der Waals surface area (Å²) in [6.07, 6.45) is 5.76. The maximum absolute atomic E-state index is 15.7. The minimum Gasteiger partial charge on any atom is -0.446 e. The normalized spacial score (nSPS) is 22.1. The van der Waals surface area contributed by atoms with E-state index < -0.39 is 41.7 Å². The molecule has 3 aliphatic rings. The lowest BCUT2D eigenvalue weighted by molar-refractivity contribution is -0.135. The van der Waals surface area contributed by atoms with Gasteiger partial charge in [0.2, 0.25) is 11.8 Å². The third-order valence-electron chi connectivity index (χ3n) is 9.78. The highest BCUT2D eigenvalue weighted by Crippen LogP contribution is 2.32. The molecule has 2 heterocycles. The molecule has 3 fully saturated rings. The number of halogens is 1. The number of alkyl carbamates (subject to hydrolysis) is 1. The second-order valence-electron chi connectivity index (χ2n) is 13.4. The summed E-state index contributed by atoms with van der Waals surface area (Å²) < 4.78 is 22.6. The quantitative estimate of drug-likeness (QED) is 0.336. The number of likely N-dealkylation sites (N-methyl/N-ethyl adjacent to an activating group) is 1. The number of benzene rings is 1. The summed E-state index contributed by atoms with van der Waals surface area (Å²) in [5.74, 6) is -1.98. The standard InChI is InChI=1S/C34H48FN7O5/c1-5-42-28(14-15-36-42)31(43)38-30(23-8-6-21(2)7-9-23)32(44)37-27-13-10-24(20-26(27)35)22(3)29(39-34(46)47-25-11-12-25)33(45)41-18-16-40(4)17-19-41/h10,13-15,20-23,25,29-30H,5-9,11-12,16-19H2,1-4H3,(H,37,44)(H,38,43)(H,39,46)/t21-,22-,23-,29+,30-/m0/s1. The maximum atomic E-state index is 15.7. The van der Waals surface area contributed by atoms with E-state index >= 15 is 4.39 Å². The molecule has 1 saturated heterocycles. The van der Waals surface area contributed by atoms with Crippen LogP contribution >= 0.6 is 0 Å². The van der Waals surface area contributed by atoms with Gasteiger partial charge in [0.15, 0.2) is 0 Å². The number of carbonyl (C=O) groups excluding carboxylic acids is 4. The number of anilines is 1. The highest BCUT2D eigenvalue weighted by molar-refractivity contribution is 6.00. The summed E-state index contributed by atoms with van der Waals surface area (Å²) in [5, 5.41) is 12.5. The first-order valence-corrected chi connectivity index (χ1v) is 16.9. The van der Waals surface area contributed by atoms with Crippen molar-refractivity contribution < 1.29 is 28.3 Å². The lowest BCUT2D eigenvalue weighted by atomic mass is 9.79. The molecule has 4 amide bonds. The average molecular weight is 654 g/mol. The number of hydrogen-bond donors (Lipinski definition) is 3. The Kier molecular flexibility index (Phi) is 11.2. The second kappa shape index (κ2) is 15.3. The van der Waals surface area contributed by atoms with Gasteiger partial charge in [-0.15, -0.1) is 0 Å². The molecule has 1 aromatic carbocycles. The molecule has 0 spiro atoms. The van der Waals surface area contributed by atoms with Crippen molar-refractivity contribution in [1.29, 1.82) is 0 Å². The maximum Gasteiger partial charge on any atom is 0.408 e. The zero-order valence-corrected chi connectivity index (χ0v) is 27.8. The van der Waals surface area contributed by atoms with Crippen LogP contribution in [-0.2, 0) is 20.9 Å². The van der Waals surface area contributed by atoms with Crippen LogP contribution in [0.15, 0.2) is 30.5 Å². The van der Waals surface area contributed by atoms with Crippen molar-refractivity contribution in [2.75, 3.05) is 38.5 Å². The van der Waals surface area contributed by atoms with Crippen LogP contribution in [0.1, 0.15) is 81.3 Å². The molecular weight excluding hydrogens is 605 g/mol. The topological polar surface area (TPSA) is 138 Å². The summed E-state index contributed by atoms with van der Waals surface area (Å²) in [6.45, 7) is 8.80. The zero-order valence-electron chi connectivity index (χ0n) is 27.8. The lowest BCUT2D eigenvalue weighted by Gasteiger charge is -2.36. The lowest BCUT2D eigenvalue weighted by Crippen LogP contribution is -2.55. The Balaban J connectivity index is 1.31. The number of nitrogens with zero attached hydrogens (tertiary/aromatic N) is 4. The largest absolute Gasteiger partial charge is 0.446 e. The molecule has 12 nitrogen and oxygen atoms in total. The minimum atomic E-state index is -0.964. The van der Waals surface area contributed by atoms with Crippen LogP contribution < -0.4 is 16.0 Å². The summed E-state index contributed by atoms with van der Waals surface area (Å²) >= 11 is 0. The van der Waals surface area contributed by atoms with E-state index in [-0.39, 0.29) is 23.6 Å². The monoisotopic (exact) mass is 653 g/mol. The van der Waals surface area contributed by atoms with Crippen molar-refractivity contribution >= 4 is 29.5 Å². The van der Waals surface area contributed by atoms with Gasteiger partial charge >= 0.3 is 6.09 Å². The van der Waals surface area contributed by atoms with Crippen LogP contribution in [0.5, 0.6) is 0 Å². The van der Waals surface area contributed by atoms with Gasteiger partial charge in [-0.05, 0) is 75.3 Å². The van der Waals surface area contributed by atoms with E-state index in [0.717, 1.165) is 38.5 Å². The zero-order chi connectivity index (χ0) is 33.7. The van der Waals surface area contributed by atoms with Crippen molar-refractivity contribution in [1.82, 2.24) is 30.2 Å². The van der Waals surface area contributed by atoms with Gasteiger partial charge in [-0.2, -0.15) is 5.10 Å². The van der Waals surface area contributed by atoms with Crippen LogP contribution in [0.2, 0.25) is 0 Å². The molecule has 47 heavy (non-hydrogen) atoms. The number of aromatic nitrogens is 2. The van der Waals surface area contributed by atoms with Gasteiger partial charge < -0.3 is 30.5 Å². The second-order valence-corrected chi connectivity index (χ2v) is 13.4. The molecule has 2 aliphatic carbocycles. The van der Waals surface area contributed by atoms with Crippen molar-refractivity contribution in [3.8, 4) is 0 Å². The molecule has 13 heteroatoms. The number of piperazine rings is 1. The van der Waals surface area contributed by atoms with Gasteiger partial charge in [-0.1, -0.05) is 32.8 Å². The Morgan fingerprint density at radius 1 is 1.00 bits per heavy atom. The smallest absolute Gasteiger partial charge is 0.408 e. The molecule has 1 aromatic heterocycles. The predicted octanol–water partition coefficient (Wildman–Crippen LogP) is 3.74. The van der Waals surface area contributed by atoms with Crippen molar-refractivity contribution in [3.63, 3.8) is 0 Å². The summed E-state index contributed by atoms with van der Waals surface area (Å²) in [5.41, 5.74) is 0.809. The number of hydrogen-bond acceptors (Lipinski definition) is 7. The highest BCUT2D eigenvalue weighted by Gasteiger charge is 2.36. The number of aryl methyl sites for hydroxylation is 1. The fraction of sp³-hybridized carbons (Fsp3) is 0.618. The van der Waals surface area contributed by atoms with Crippen LogP contribution in [0.3, 0.4) is 0 Å². The summed E-state index contributed by atoms with van der Waals surface area (Å²) in [4.78, 5) is 57.1. The third-order valence-corrected chi connectivity index (χ3v) is 9.78. The fourth-order valence-corrected chi connectivity index (χ4v) is 6.45. The Labute approximate surface area is 275 Å². The number of carbonyl (C=O) groups is 4. The first-order chi connectivity index (χ1) is 22.5. The van der Waals surface area contributed by atoms with Crippen LogP contribution in [-0.4, -0.2) is 94.8 Å². The summed E-state index contributed by atoms with van der Waals surface area (Å²) in [6, 6.07) is 4.19. The van der Waals surface area contributed by atoms with Gasteiger partial charge in [-0.3, -0.25) is 19.1 Å². The van der Waals surface area contributed by atoms with E-state index in [1.165, 1.54) is 12.1 Å². The molecule has 2 aromatic rings. The third kappa shape index (κ3) is 8.68. The Hall–Kier alpha value is -4.00. The van der Waals surface area contributed by atoms with E-state index in [4.69, 9.17) is 4.74 Å². The Morgan fingerprint density at radius 3 is 2.34 bits per heavy atom. The SMILES string of the molecule is CCn1nccc1C(=O)N[C@H](C(=O)Nc1ccc([C@H](C)[C@@H](NC(=O)OC2CC2)C(=O)N2CCN(C)CC2)cc1F)[C@H]1CC[C@H](C)CC1. The minimum absolute atomic E-state index is 0.0315. The van der Waals surface area contributed by atoms with Gasteiger partial charge in [0.25, 0.3) is 5.91 Å². The molecule has 256 valence electrons. The van der Waals surface area contributed by atoms with Gasteiger partial charge in [-0.25, -0.2) is 9.18 Å². The molecule has 1 aliphatic heterocycles. The van der Waals surface area contributed by atoms with Gasteiger partial charge in [0, 0.05) is 44.8 Å². The number of nitrogens with one attached hydrogen (secondary N) is 3. The summed E-state index contributed by atoms with van der Waals surface area (Å²) in [7, 11) is 1.99. The van der Waals surface area contributed by atoms with Crippen molar-refractivity contribution in [2.24, 2.45) is 11.8 Å². The fourth-order valence-electron chi connectivity index (χ4n) is 6.45. The van der Waals surface area contributed by atoms with Crippen LogP contribution in [0.4, 0.5) is 14.9 Å². The van der Waals surface area contributed by atoms with Gasteiger partial charge in [0.1, 0.15) is 29.7 Å². The van der Waals surface area contributed by atoms with E-state index in [0.29, 0.717) is 49.9 Å². The number of amides is 4. The average Bonchev–Trinajstić information content (AvgIpc) is 3.74. The molecule has 0 unspecified atom stereocenters. The van der Waals surface area contributed by atoms with E-state index in [1.807, 2.05) is 14.0 Å². The van der Waals surface area contributed by atoms with Crippen LogP contribution in [0, 0.1) is 17.7 Å². The molecular formula is C34H48FN7O5. The number of rotatable bonds is 11. The first-order valence-electron chi connectivity index (χ1n) is 16.9. The molecule has 0 radical (unpaired) electrons. The predicted molar refractivity (Wildman–Crippen MR) is 174 cm³/mol. The van der Waals surface area contributed by atoms with Crippen molar-refractivity contribution in [3.05, 3.63) is 47.5 Å². The molecule has 3 N–H and O–H groups in total. The highest BCUT2D eigenvalue weighted by atomic mass is 19.1. The Bertz CT molecular complexity index is 1430. The first kappa shape index (κ1) is 34.3. The molecule has 3 atom stereocenters. The van der Waals surface area contributed by atoms with Crippen molar-refractivity contribution in [2.45, 2.75) is 89.9 Å². The molecule has 0 bridgehead atoms. The van der Waals surface area contributed by atoms with Crippen LogP contribution in [0.25, 0.3) is 0 Å². The van der Waals surface area contributed by atoms with E-state index in [9.17, 15) is 19.2 Å². The number of ether oxygens (including phenoxy) is 1. The Morgan fingerprint density at radius 2 is 1.70 bits per heavy atom.